The molecule has 0 spiro atoms. The molecule has 28 heavy (non-hydrogen) atoms. The summed E-state index contributed by atoms with van der Waals surface area (Å²) in [5.74, 6) is 1.45. The number of ether oxygens (including phenoxy) is 1. The predicted molar refractivity (Wildman–Crippen MR) is 111 cm³/mol. The van der Waals surface area contributed by atoms with E-state index in [1.807, 2.05) is 55.5 Å². The number of thiocarbonyl (C=S) groups is 1. The lowest BCUT2D eigenvalue weighted by molar-refractivity contribution is -0.121. The number of anilines is 1. The number of aliphatic hydroxyl groups is 1. The number of benzene rings is 2. The molecule has 0 aliphatic rings. The predicted octanol–water partition coefficient (Wildman–Crippen LogP) is 3.64. The summed E-state index contributed by atoms with van der Waals surface area (Å²) in [5, 5.41) is 14.8. The summed E-state index contributed by atoms with van der Waals surface area (Å²) in [5.41, 5.74) is 2.71. The first kappa shape index (κ1) is 19.6. The van der Waals surface area contributed by atoms with Crippen molar-refractivity contribution in [3.8, 4) is 17.1 Å². The van der Waals surface area contributed by atoms with Crippen molar-refractivity contribution in [3.05, 3.63) is 72.0 Å². The van der Waals surface area contributed by atoms with Crippen molar-refractivity contribution in [2.75, 3.05) is 11.9 Å². The maximum Gasteiger partial charge on any atom is 0.264 e. The first-order valence-electron chi connectivity index (χ1n) is 8.64. The maximum atomic E-state index is 12.0. The smallest absolute Gasteiger partial charge is 0.264 e. The molecule has 2 aromatic carbocycles. The Bertz CT molecular complexity index is 949. The molecule has 0 bridgehead atoms. The minimum atomic E-state index is -0.346. The highest BCUT2D eigenvalue weighted by Crippen LogP contribution is 2.23. The van der Waals surface area contributed by atoms with Gasteiger partial charge in [0.15, 0.2) is 11.7 Å². The third-order valence-electron chi connectivity index (χ3n) is 3.89. The summed E-state index contributed by atoms with van der Waals surface area (Å²) in [6, 6.07) is 18.3. The number of amides is 1. The number of carbonyl (C=O) groups is 1. The van der Waals surface area contributed by atoms with Crippen LogP contribution in [0.4, 0.5) is 5.69 Å². The minimum absolute atomic E-state index is 0.129. The molecule has 1 heterocycles. The lowest BCUT2D eigenvalue weighted by Crippen LogP contribution is -2.37. The Labute approximate surface area is 168 Å². The van der Waals surface area contributed by atoms with Crippen LogP contribution in [0.15, 0.2) is 65.1 Å². The van der Waals surface area contributed by atoms with Crippen molar-refractivity contribution < 1.29 is 19.1 Å². The Kier molecular flexibility index (Phi) is 6.41. The fourth-order valence-corrected chi connectivity index (χ4v) is 2.68. The maximum absolute atomic E-state index is 12.0. The second kappa shape index (κ2) is 9.16. The van der Waals surface area contributed by atoms with Crippen LogP contribution in [0, 0.1) is 6.92 Å². The van der Waals surface area contributed by atoms with Crippen LogP contribution in [0.2, 0.25) is 0 Å². The van der Waals surface area contributed by atoms with Gasteiger partial charge in [-0.1, -0.05) is 17.7 Å². The number of aliphatic hydroxyl groups excluding tert-OH is 1. The van der Waals surface area contributed by atoms with E-state index in [0.29, 0.717) is 17.3 Å². The van der Waals surface area contributed by atoms with E-state index in [2.05, 4.69) is 10.6 Å². The zero-order valence-electron chi connectivity index (χ0n) is 15.3. The number of aryl methyl sites for hydroxylation is 1. The summed E-state index contributed by atoms with van der Waals surface area (Å²) in [6.07, 6.45) is 0. The molecule has 0 aliphatic carbocycles. The van der Waals surface area contributed by atoms with Gasteiger partial charge in [-0.2, -0.15) is 0 Å². The third kappa shape index (κ3) is 5.42. The summed E-state index contributed by atoms with van der Waals surface area (Å²) < 4.78 is 10.9. The number of carbonyl (C=O) groups excluding carboxylic acids is 1. The average Bonchev–Trinajstić information content (AvgIpc) is 3.17. The highest BCUT2D eigenvalue weighted by atomic mass is 32.1. The van der Waals surface area contributed by atoms with Crippen molar-refractivity contribution in [1.82, 2.24) is 5.32 Å². The van der Waals surface area contributed by atoms with Gasteiger partial charge in [0.2, 0.25) is 0 Å². The molecular formula is C21H20N2O4S. The van der Waals surface area contributed by atoms with Gasteiger partial charge in [0.25, 0.3) is 5.91 Å². The molecule has 0 saturated heterocycles. The van der Waals surface area contributed by atoms with Crippen molar-refractivity contribution in [1.29, 1.82) is 0 Å². The number of nitrogens with one attached hydrogen (secondary N) is 2. The van der Waals surface area contributed by atoms with E-state index in [0.717, 1.165) is 16.8 Å². The molecule has 0 fully saturated rings. The third-order valence-corrected chi connectivity index (χ3v) is 4.09. The average molecular weight is 396 g/mol. The first-order chi connectivity index (χ1) is 13.5. The van der Waals surface area contributed by atoms with Crippen LogP contribution in [0.25, 0.3) is 11.3 Å². The molecule has 0 radical (unpaired) electrons. The van der Waals surface area contributed by atoms with Crippen LogP contribution in [-0.4, -0.2) is 22.7 Å². The number of hydrogen-bond acceptors (Lipinski definition) is 5. The van der Waals surface area contributed by atoms with Crippen molar-refractivity contribution in [2.45, 2.75) is 13.5 Å². The highest BCUT2D eigenvalue weighted by molar-refractivity contribution is 7.80. The molecule has 6 nitrogen and oxygen atoms in total. The SMILES string of the molecule is Cc1ccc(OCC(=O)NC(=S)Nc2ccc(-c3ccc(CO)o3)cc2)cc1. The first-order valence-corrected chi connectivity index (χ1v) is 9.04. The van der Waals surface area contributed by atoms with Crippen LogP contribution in [0.3, 0.4) is 0 Å². The number of rotatable bonds is 6. The van der Waals surface area contributed by atoms with E-state index in [1.54, 1.807) is 12.1 Å². The summed E-state index contributed by atoms with van der Waals surface area (Å²) >= 11 is 5.16. The normalized spacial score (nSPS) is 10.4. The monoisotopic (exact) mass is 396 g/mol. The van der Waals surface area contributed by atoms with Crippen molar-refractivity contribution in [2.24, 2.45) is 0 Å². The molecule has 0 saturated carbocycles. The number of hydrogen-bond donors (Lipinski definition) is 3. The van der Waals surface area contributed by atoms with Gasteiger partial charge in [-0.15, -0.1) is 0 Å². The van der Waals surface area contributed by atoms with Crippen molar-refractivity contribution in [3.63, 3.8) is 0 Å². The van der Waals surface area contributed by atoms with Gasteiger partial charge in [-0.3, -0.25) is 10.1 Å². The van der Waals surface area contributed by atoms with Crippen LogP contribution in [-0.2, 0) is 11.4 Å². The van der Waals surface area contributed by atoms with Gasteiger partial charge in [-0.25, -0.2) is 0 Å². The summed E-state index contributed by atoms with van der Waals surface area (Å²) in [4.78, 5) is 12.0. The quantitative estimate of drug-likeness (QED) is 0.552. The molecule has 0 unspecified atom stereocenters. The molecule has 3 aromatic rings. The standard InChI is InChI=1S/C21H20N2O4S/c1-14-2-8-17(9-3-14)26-13-20(25)23-21(28)22-16-6-4-15(5-7-16)19-11-10-18(12-24)27-19/h2-11,24H,12-13H2,1H3,(H2,22,23,25,28). The largest absolute Gasteiger partial charge is 0.484 e. The van der Waals surface area contributed by atoms with Gasteiger partial charge >= 0.3 is 0 Å². The lowest BCUT2D eigenvalue weighted by Gasteiger charge is -2.11. The van der Waals surface area contributed by atoms with E-state index in [4.69, 9.17) is 26.5 Å². The molecule has 1 aromatic heterocycles. The summed E-state index contributed by atoms with van der Waals surface area (Å²) in [7, 11) is 0. The number of furan rings is 1. The van der Waals surface area contributed by atoms with E-state index in [-0.39, 0.29) is 24.2 Å². The topological polar surface area (TPSA) is 83.7 Å². The molecular weight excluding hydrogens is 376 g/mol. The molecule has 7 heteroatoms. The van der Waals surface area contributed by atoms with Gasteiger partial charge in [-0.05, 0) is 67.7 Å². The Morgan fingerprint density at radius 2 is 1.79 bits per heavy atom. The minimum Gasteiger partial charge on any atom is -0.484 e. The Morgan fingerprint density at radius 3 is 2.43 bits per heavy atom. The van der Waals surface area contributed by atoms with Crippen LogP contribution in [0.1, 0.15) is 11.3 Å². The molecule has 1 amide bonds. The van der Waals surface area contributed by atoms with E-state index >= 15 is 0 Å². The Hall–Kier alpha value is -3.16. The van der Waals surface area contributed by atoms with Gasteiger partial charge in [0.05, 0.1) is 0 Å². The fourth-order valence-electron chi connectivity index (χ4n) is 2.44. The fraction of sp³-hybridized carbons (Fsp3) is 0.143. The summed E-state index contributed by atoms with van der Waals surface area (Å²) in [6.45, 7) is 1.71. The van der Waals surface area contributed by atoms with E-state index in [9.17, 15) is 4.79 Å². The highest BCUT2D eigenvalue weighted by Gasteiger charge is 2.08. The molecule has 144 valence electrons. The van der Waals surface area contributed by atoms with E-state index in [1.165, 1.54) is 0 Å². The molecule has 3 rings (SSSR count). The van der Waals surface area contributed by atoms with Crippen LogP contribution >= 0.6 is 12.2 Å². The van der Waals surface area contributed by atoms with Gasteiger partial charge in [0, 0.05) is 11.3 Å². The van der Waals surface area contributed by atoms with Crippen LogP contribution < -0.4 is 15.4 Å². The second-order valence-corrected chi connectivity index (χ2v) is 6.51. The van der Waals surface area contributed by atoms with Gasteiger partial charge < -0.3 is 19.6 Å². The Morgan fingerprint density at radius 1 is 1.07 bits per heavy atom. The molecule has 3 N–H and O–H groups in total. The molecule has 0 aliphatic heterocycles. The van der Waals surface area contributed by atoms with Crippen LogP contribution in [0.5, 0.6) is 5.75 Å². The second-order valence-electron chi connectivity index (χ2n) is 6.11. The van der Waals surface area contributed by atoms with Gasteiger partial charge in [0.1, 0.15) is 23.9 Å². The zero-order valence-corrected chi connectivity index (χ0v) is 16.1. The van der Waals surface area contributed by atoms with E-state index < -0.39 is 0 Å². The van der Waals surface area contributed by atoms with Crippen molar-refractivity contribution >= 4 is 28.9 Å². The Balaban J connectivity index is 1.48. The molecule has 0 atom stereocenters. The lowest BCUT2D eigenvalue weighted by atomic mass is 10.1. The zero-order chi connectivity index (χ0) is 19.9.